The SMILES string of the molecule is Cc1c(Sc2ccc(S(=O)(=O)N3CCOCC3)cc2)c2c(n1CC(=O)O)CC(C)(C)CC2. The molecule has 0 spiro atoms. The zero-order valence-corrected chi connectivity index (χ0v) is 20.4. The van der Waals surface area contributed by atoms with E-state index in [-0.39, 0.29) is 16.9 Å². The largest absolute Gasteiger partial charge is 0.480 e. The van der Waals surface area contributed by atoms with Crippen LogP contribution in [0.4, 0.5) is 0 Å². The number of carboxylic acids is 1. The molecule has 2 aromatic rings. The van der Waals surface area contributed by atoms with Crippen LogP contribution in [0, 0.1) is 12.3 Å². The summed E-state index contributed by atoms with van der Waals surface area (Å²) < 4.78 is 34.4. The highest BCUT2D eigenvalue weighted by Gasteiger charge is 2.32. The van der Waals surface area contributed by atoms with Crippen LogP contribution in [0.1, 0.15) is 37.2 Å². The summed E-state index contributed by atoms with van der Waals surface area (Å²) in [7, 11) is -3.52. The number of carboxylic acid groups (broad SMARTS) is 1. The van der Waals surface area contributed by atoms with Crippen molar-refractivity contribution in [3.8, 4) is 0 Å². The van der Waals surface area contributed by atoms with Gasteiger partial charge in [0, 0.05) is 34.3 Å². The fraction of sp³-hybridized carbons (Fsp3) is 0.522. The minimum atomic E-state index is -3.52. The van der Waals surface area contributed by atoms with Crippen molar-refractivity contribution in [2.75, 3.05) is 26.3 Å². The fourth-order valence-corrected chi connectivity index (χ4v) is 7.04. The number of hydrogen-bond donors (Lipinski definition) is 1. The van der Waals surface area contributed by atoms with Gasteiger partial charge in [0.15, 0.2) is 0 Å². The molecule has 1 N–H and O–H groups in total. The first-order valence-electron chi connectivity index (χ1n) is 10.9. The van der Waals surface area contributed by atoms with Crippen molar-refractivity contribution in [2.24, 2.45) is 5.41 Å². The molecule has 2 aliphatic rings. The molecular formula is C23H30N2O5S2. The second-order valence-corrected chi connectivity index (χ2v) is 12.3. The average molecular weight is 479 g/mol. The highest BCUT2D eigenvalue weighted by molar-refractivity contribution is 7.99. The van der Waals surface area contributed by atoms with Crippen molar-refractivity contribution in [1.82, 2.24) is 8.87 Å². The van der Waals surface area contributed by atoms with Gasteiger partial charge in [0.05, 0.1) is 18.1 Å². The Morgan fingerprint density at radius 2 is 1.84 bits per heavy atom. The molecular weight excluding hydrogens is 448 g/mol. The lowest BCUT2D eigenvalue weighted by Gasteiger charge is -2.31. The van der Waals surface area contributed by atoms with Gasteiger partial charge in [-0.25, -0.2) is 8.42 Å². The van der Waals surface area contributed by atoms with Crippen molar-refractivity contribution in [2.45, 2.75) is 61.3 Å². The summed E-state index contributed by atoms with van der Waals surface area (Å²) >= 11 is 1.59. The van der Waals surface area contributed by atoms with Crippen molar-refractivity contribution in [3.63, 3.8) is 0 Å². The topological polar surface area (TPSA) is 88.8 Å². The lowest BCUT2D eigenvalue weighted by molar-refractivity contribution is -0.137. The first-order valence-corrected chi connectivity index (χ1v) is 13.1. The van der Waals surface area contributed by atoms with Crippen molar-refractivity contribution < 1.29 is 23.1 Å². The van der Waals surface area contributed by atoms with Gasteiger partial charge in [-0.1, -0.05) is 25.6 Å². The summed E-state index contributed by atoms with van der Waals surface area (Å²) in [4.78, 5) is 13.8. The standard InChI is InChI=1S/C23H30N2O5S2/c1-16-22(19-8-9-23(2,3)14-20(19)25(16)15-21(26)27)31-17-4-6-18(7-5-17)32(28,29)24-10-12-30-13-11-24/h4-7H,8-15H2,1-3H3,(H,26,27). The summed E-state index contributed by atoms with van der Waals surface area (Å²) in [6, 6.07) is 6.99. The summed E-state index contributed by atoms with van der Waals surface area (Å²) in [6.45, 7) is 7.97. The van der Waals surface area contributed by atoms with Crippen LogP contribution in [0.3, 0.4) is 0 Å². The summed E-state index contributed by atoms with van der Waals surface area (Å²) in [6.07, 6.45) is 2.83. The number of aromatic nitrogens is 1. The number of ether oxygens (including phenoxy) is 1. The maximum absolute atomic E-state index is 12.9. The minimum absolute atomic E-state index is 0.0401. The van der Waals surface area contributed by atoms with Gasteiger partial charge in [0.1, 0.15) is 6.54 Å². The van der Waals surface area contributed by atoms with E-state index in [0.717, 1.165) is 40.4 Å². The van der Waals surface area contributed by atoms with E-state index in [2.05, 4.69) is 13.8 Å². The highest BCUT2D eigenvalue weighted by Crippen LogP contribution is 2.44. The van der Waals surface area contributed by atoms with Crippen LogP contribution in [0.25, 0.3) is 0 Å². The molecule has 0 unspecified atom stereocenters. The predicted molar refractivity (Wildman–Crippen MR) is 123 cm³/mol. The number of rotatable bonds is 6. The molecule has 1 fully saturated rings. The van der Waals surface area contributed by atoms with Crippen LogP contribution in [0.15, 0.2) is 39.0 Å². The fourth-order valence-electron chi connectivity index (χ4n) is 4.52. The molecule has 0 saturated carbocycles. The van der Waals surface area contributed by atoms with Gasteiger partial charge >= 0.3 is 5.97 Å². The van der Waals surface area contributed by atoms with Crippen molar-refractivity contribution in [3.05, 3.63) is 41.2 Å². The molecule has 1 aromatic heterocycles. The second kappa shape index (κ2) is 8.85. The third kappa shape index (κ3) is 4.62. The van der Waals surface area contributed by atoms with Crippen molar-refractivity contribution >= 4 is 27.8 Å². The number of nitrogens with zero attached hydrogens (tertiary/aromatic N) is 2. The third-order valence-corrected chi connectivity index (χ3v) is 9.49. The molecule has 0 bridgehead atoms. The van der Waals surface area contributed by atoms with E-state index < -0.39 is 16.0 Å². The van der Waals surface area contributed by atoms with Gasteiger partial charge in [-0.15, -0.1) is 0 Å². The minimum Gasteiger partial charge on any atom is -0.480 e. The van der Waals surface area contributed by atoms with E-state index in [9.17, 15) is 18.3 Å². The number of carbonyl (C=O) groups is 1. The Bertz CT molecular complexity index is 1110. The zero-order chi connectivity index (χ0) is 23.1. The summed E-state index contributed by atoms with van der Waals surface area (Å²) in [5.41, 5.74) is 3.46. The molecule has 32 heavy (non-hydrogen) atoms. The van der Waals surface area contributed by atoms with E-state index in [1.807, 2.05) is 23.6 Å². The Kier molecular flexibility index (Phi) is 6.46. The number of morpholine rings is 1. The van der Waals surface area contributed by atoms with E-state index in [1.165, 1.54) is 9.87 Å². The monoisotopic (exact) mass is 478 g/mol. The second-order valence-electron chi connectivity index (χ2n) is 9.25. The zero-order valence-electron chi connectivity index (χ0n) is 18.8. The van der Waals surface area contributed by atoms with Crippen LogP contribution < -0.4 is 0 Å². The number of benzene rings is 1. The quantitative estimate of drug-likeness (QED) is 0.683. The van der Waals surface area contributed by atoms with Crippen LogP contribution >= 0.6 is 11.8 Å². The normalized spacial score (nSPS) is 19.0. The molecule has 0 radical (unpaired) electrons. The number of fused-ring (bicyclic) bond motifs is 1. The van der Waals surface area contributed by atoms with E-state index >= 15 is 0 Å². The van der Waals surface area contributed by atoms with Gasteiger partial charge in [0.25, 0.3) is 0 Å². The molecule has 4 rings (SSSR count). The van der Waals surface area contributed by atoms with Gasteiger partial charge < -0.3 is 14.4 Å². The van der Waals surface area contributed by atoms with E-state index in [4.69, 9.17) is 4.74 Å². The van der Waals surface area contributed by atoms with Crippen molar-refractivity contribution in [1.29, 1.82) is 0 Å². The number of aliphatic carboxylic acids is 1. The molecule has 174 valence electrons. The predicted octanol–water partition coefficient (Wildman–Crippen LogP) is 3.57. The van der Waals surface area contributed by atoms with Crippen LogP contribution in [-0.2, 0) is 38.9 Å². The third-order valence-electron chi connectivity index (χ3n) is 6.32. The highest BCUT2D eigenvalue weighted by atomic mass is 32.2. The van der Waals surface area contributed by atoms with Gasteiger partial charge in [0.2, 0.25) is 10.0 Å². The van der Waals surface area contributed by atoms with Crippen LogP contribution in [0.2, 0.25) is 0 Å². The average Bonchev–Trinajstić information content (AvgIpc) is 2.98. The Labute approximate surface area is 193 Å². The van der Waals surface area contributed by atoms with Gasteiger partial charge in [-0.3, -0.25) is 4.79 Å². The first-order chi connectivity index (χ1) is 15.1. The molecule has 0 amide bonds. The lowest BCUT2D eigenvalue weighted by atomic mass is 9.77. The summed E-state index contributed by atoms with van der Waals surface area (Å²) in [5, 5.41) is 9.44. The molecule has 1 saturated heterocycles. The van der Waals surface area contributed by atoms with Crippen LogP contribution in [0.5, 0.6) is 0 Å². The number of sulfonamides is 1. The Hall–Kier alpha value is -1.81. The Balaban J connectivity index is 1.62. The lowest BCUT2D eigenvalue weighted by Crippen LogP contribution is -2.40. The van der Waals surface area contributed by atoms with E-state index in [0.29, 0.717) is 26.3 Å². The molecule has 1 aliphatic carbocycles. The maximum Gasteiger partial charge on any atom is 0.323 e. The van der Waals surface area contributed by atoms with E-state index in [1.54, 1.807) is 23.9 Å². The van der Waals surface area contributed by atoms with Crippen LogP contribution in [-0.4, -0.2) is 54.7 Å². The summed E-state index contributed by atoms with van der Waals surface area (Å²) in [5.74, 6) is -0.844. The first kappa shape index (κ1) is 23.4. The Morgan fingerprint density at radius 1 is 1.19 bits per heavy atom. The molecule has 1 aromatic carbocycles. The van der Waals surface area contributed by atoms with Gasteiger partial charge in [-0.2, -0.15) is 4.31 Å². The molecule has 1 aliphatic heterocycles. The molecule has 2 heterocycles. The molecule has 7 nitrogen and oxygen atoms in total. The number of hydrogen-bond acceptors (Lipinski definition) is 5. The maximum atomic E-state index is 12.9. The smallest absolute Gasteiger partial charge is 0.323 e. The molecule has 0 atom stereocenters. The Morgan fingerprint density at radius 3 is 2.47 bits per heavy atom. The van der Waals surface area contributed by atoms with Gasteiger partial charge in [-0.05, 0) is 61.4 Å². The molecule has 9 heteroatoms.